The van der Waals surface area contributed by atoms with Gasteiger partial charge < -0.3 is 4.74 Å². The molecule has 35 heavy (non-hydrogen) atoms. The second-order valence-corrected chi connectivity index (χ2v) is 13.0. The van der Waals surface area contributed by atoms with Crippen LogP contribution in [0.4, 0.5) is 0 Å². The Labute approximate surface area is 209 Å². The summed E-state index contributed by atoms with van der Waals surface area (Å²) >= 11 is 0. The average Bonchev–Trinajstić information content (AvgIpc) is 2.84. The van der Waals surface area contributed by atoms with Crippen LogP contribution in [0.2, 0.25) is 0 Å². The highest BCUT2D eigenvalue weighted by Crippen LogP contribution is 2.41. The maximum Gasteiger partial charge on any atom is 0.182 e. The minimum absolute atomic E-state index is 0.00401. The van der Waals surface area contributed by atoms with E-state index in [4.69, 9.17) is 4.74 Å². The Bertz CT molecular complexity index is 1280. The van der Waals surface area contributed by atoms with Gasteiger partial charge in [-0.05, 0) is 93.0 Å². The first-order valence-electron chi connectivity index (χ1n) is 12.6. The molecule has 5 rings (SSSR count). The molecule has 5 heteroatoms. The van der Waals surface area contributed by atoms with E-state index in [1.807, 2.05) is 30.3 Å². The van der Waals surface area contributed by atoms with E-state index in [0.29, 0.717) is 4.90 Å². The van der Waals surface area contributed by atoms with Crippen molar-refractivity contribution in [1.29, 1.82) is 0 Å². The van der Waals surface area contributed by atoms with Crippen molar-refractivity contribution in [3.63, 3.8) is 0 Å². The minimum Gasteiger partial charge on any atom is -0.487 e. The lowest BCUT2D eigenvalue weighted by molar-refractivity contribution is -0.0355. The van der Waals surface area contributed by atoms with Gasteiger partial charge in [0.15, 0.2) is 9.84 Å². The van der Waals surface area contributed by atoms with E-state index in [9.17, 15) is 8.42 Å². The van der Waals surface area contributed by atoms with Gasteiger partial charge in [-0.3, -0.25) is 4.90 Å². The molecular weight excluding hydrogens is 454 g/mol. The Balaban J connectivity index is 1.27. The Morgan fingerprint density at radius 3 is 2.17 bits per heavy atom. The number of ether oxygens (including phenoxy) is 1. The third-order valence-electron chi connectivity index (χ3n) is 7.61. The van der Waals surface area contributed by atoms with Gasteiger partial charge in [0.1, 0.15) is 11.4 Å². The van der Waals surface area contributed by atoms with Crippen molar-refractivity contribution in [2.75, 3.05) is 13.1 Å². The number of sulfone groups is 1. The molecule has 2 aliphatic rings. The number of aryl methyl sites for hydroxylation is 1. The maximum atomic E-state index is 12.7. The normalized spacial score (nSPS) is 18.1. The number of nitrogens with zero attached hydrogens (tertiary/aromatic N) is 1. The summed E-state index contributed by atoms with van der Waals surface area (Å²) in [6.45, 7) is 9.04. The van der Waals surface area contributed by atoms with Gasteiger partial charge in [-0.25, -0.2) is 8.42 Å². The predicted molar refractivity (Wildman–Crippen MR) is 141 cm³/mol. The number of likely N-dealkylation sites (tertiary alicyclic amines) is 1. The molecule has 0 aromatic heterocycles. The largest absolute Gasteiger partial charge is 0.487 e. The molecule has 0 bridgehead atoms. The van der Waals surface area contributed by atoms with Crippen molar-refractivity contribution in [1.82, 2.24) is 4.90 Å². The van der Waals surface area contributed by atoms with E-state index in [-0.39, 0.29) is 16.9 Å². The molecule has 0 N–H and O–H groups in total. The smallest absolute Gasteiger partial charge is 0.182 e. The molecule has 0 saturated carbocycles. The van der Waals surface area contributed by atoms with Crippen molar-refractivity contribution in [2.24, 2.45) is 0 Å². The maximum absolute atomic E-state index is 12.7. The summed E-state index contributed by atoms with van der Waals surface area (Å²) < 4.78 is 32.0. The summed E-state index contributed by atoms with van der Waals surface area (Å²) in [5.41, 5.74) is 4.48. The highest BCUT2D eigenvalue weighted by molar-refractivity contribution is 7.90. The van der Waals surface area contributed by atoms with Crippen LogP contribution < -0.4 is 4.74 Å². The zero-order valence-corrected chi connectivity index (χ0v) is 21.8. The average molecular weight is 490 g/mol. The number of rotatable bonds is 4. The number of benzene rings is 3. The van der Waals surface area contributed by atoms with Crippen molar-refractivity contribution < 1.29 is 13.2 Å². The predicted octanol–water partition coefficient (Wildman–Crippen LogP) is 6.29. The third kappa shape index (κ3) is 5.17. The van der Waals surface area contributed by atoms with Crippen LogP contribution in [-0.4, -0.2) is 37.5 Å². The van der Waals surface area contributed by atoms with Crippen LogP contribution in [0, 0.1) is 0 Å². The van der Waals surface area contributed by atoms with Crippen LogP contribution >= 0.6 is 0 Å². The summed E-state index contributed by atoms with van der Waals surface area (Å²) in [7, 11) is -3.35. The molecule has 3 aromatic rings. The first kappa shape index (κ1) is 24.1. The number of hydrogen-bond donors (Lipinski definition) is 0. The topological polar surface area (TPSA) is 46.6 Å². The molecule has 4 nitrogen and oxygen atoms in total. The Kier molecular flexibility index (Phi) is 6.27. The fraction of sp³-hybridized carbons (Fsp3) is 0.400. The molecule has 0 amide bonds. The molecule has 0 radical (unpaired) electrons. The van der Waals surface area contributed by atoms with E-state index in [1.54, 1.807) is 24.3 Å². The lowest BCUT2D eigenvalue weighted by atomic mass is 9.81. The quantitative estimate of drug-likeness (QED) is 0.432. The van der Waals surface area contributed by atoms with Gasteiger partial charge in [-0.15, -0.1) is 0 Å². The molecule has 2 heterocycles. The zero-order valence-electron chi connectivity index (χ0n) is 21.0. The van der Waals surface area contributed by atoms with Crippen LogP contribution in [0.3, 0.4) is 0 Å². The lowest BCUT2D eigenvalue weighted by Crippen LogP contribution is -2.54. The van der Waals surface area contributed by atoms with Crippen LogP contribution in [0.5, 0.6) is 5.75 Å². The molecule has 0 unspecified atom stereocenters. The van der Waals surface area contributed by atoms with Crippen molar-refractivity contribution in [3.05, 3.63) is 83.9 Å². The van der Waals surface area contributed by atoms with Gasteiger partial charge >= 0.3 is 0 Å². The first-order chi connectivity index (χ1) is 16.6. The zero-order chi connectivity index (χ0) is 24.7. The first-order valence-corrected chi connectivity index (χ1v) is 14.2. The summed E-state index contributed by atoms with van der Waals surface area (Å²) in [5.74, 6) is 1.03. The fourth-order valence-electron chi connectivity index (χ4n) is 5.36. The number of piperidine rings is 1. The second-order valence-electron chi connectivity index (χ2n) is 11.0. The summed E-state index contributed by atoms with van der Waals surface area (Å²) in [4.78, 5) is 2.93. The highest BCUT2D eigenvalue weighted by atomic mass is 32.2. The monoisotopic (exact) mass is 489 g/mol. The molecular formula is C30H35NO3S. The lowest BCUT2D eigenvalue weighted by Gasteiger charge is -2.48. The molecule has 184 valence electrons. The van der Waals surface area contributed by atoms with Crippen molar-refractivity contribution >= 4 is 9.84 Å². The molecule has 0 aliphatic carbocycles. The second kappa shape index (κ2) is 9.11. The van der Waals surface area contributed by atoms with Gasteiger partial charge in [-0.2, -0.15) is 0 Å². The van der Waals surface area contributed by atoms with E-state index >= 15 is 0 Å². The third-order valence-corrected chi connectivity index (χ3v) is 9.31. The molecule has 1 saturated heterocycles. The van der Waals surface area contributed by atoms with Crippen LogP contribution in [-0.2, 0) is 22.0 Å². The SMILES string of the molecule is CC(C)(C)N1CCC2(CCc3cc(-c4ccc(CS(=O)(=O)c5ccccc5)cc4)ccc3O2)CC1. The molecule has 2 aliphatic heterocycles. The van der Waals surface area contributed by atoms with E-state index < -0.39 is 9.84 Å². The van der Waals surface area contributed by atoms with Gasteiger partial charge in [0.25, 0.3) is 0 Å². The number of fused-ring (bicyclic) bond motifs is 1. The van der Waals surface area contributed by atoms with Crippen LogP contribution in [0.15, 0.2) is 77.7 Å². The van der Waals surface area contributed by atoms with E-state index in [2.05, 4.69) is 43.9 Å². The van der Waals surface area contributed by atoms with Crippen molar-refractivity contribution in [2.45, 2.75) is 68.2 Å². The minimum atomic E-state index is -3.35. The van der Waals surface area contributed by atoms with Crippen LogP contribution in [0.25, 0.3) is 11.1 Å². The fourth-order valence-corrected chi connectivity index (χ4v) is 6.73. The van der Waals surface area contributed by atoms with Crippen LogP contribution in [0.1, 0.15) is 51.2 Å². The van der Waals surface area contributed by atoms with Gasteiger partial charge in [0.2, 0.25) is 0 Å². The Hall–Kier alpha value is -2.63. The molecule has 0 atom stereocenters. The molecule has 1 spiro atoms. The molecule has 1 fully saturated rings. The van der Waals surface area contributed by atoms with Gasteiger partial charge in [-0.1, -0.05) is 48.5 Å². The Morgan fingerprint density at radius 1 is 0.857 bits per heavy atom. The summed E-state index contributed by atoms with van der Waals surface area (Å²) in [5, 5.41) is 0. The highest BCUT2D eigenvalue weighted by Gasteiger charge is 2.41. The van der Waals surface area contributed by atoms with Crippen molar-refractivity contribution in [3.8, 4) is 16.9 Å². The molecule has 3 aromatic carbocycles. The van der Waals surface area contributed by atoms with E-state index in [1.165, 1.54) is 5.56 Å². The van der Waals surface area contributed by atoms with E-state index in [0.717, 1.165) is 61.2 Å². The van der Waals surface area contributed by atoms with Gasteiger partial charge in [0, 0.05) is 18.6 Å². The van der Waals surface area contributed by atoms with Gasteiger partial charge in [0.05, 0.1) is 10.6 Å². The standard InChI is InChI=1S/C30H35NO3S/c1-29(2,3)31-19-17-30(18-20-31)16-15-26-21-25(13-14-28(26)34-30)24-11-9-23(10-12-24)22-35(32,33)27-7-5-4-6-8-27/h4-14,21H,15-20,22H2,1-3H3. The Morgan fingerprint density at radius 2 is 1.51 bits per heavy atom. The summed E-state index contributed by atoms with van der Waals surface area (Å²) in [6, 6.07) is 23.0. The summed E-state index contributed by atoms with van der Waals surface area (Å²) in [6.07, 6.45) is 4.27. The number of hydrogen-bond acceptors (Lipinski definition) is 4.